The van der Waals surface area contributed by atoms with E-state index in [1.54, 1.807) is 6.07 Å². The Morgan fingerprint density at radius 1 is 1.54 bits per heavy atom. The molecule has 0 amide bonds. The normalized spacial score (nSPS) is 9.31. The Bertz CT molecular complexity index is 325. The van der Waals surface area contributed by atoms with Gasteiger partial charge in [0.25, 0.3) is 0 Å². The average Bonchev–Trinajstić information content (AvgIpc) is 2.11. The summed E-state index contributed by atoms with van der Waals surface area (Å²) in [7, 11) is 0. The Hall–Kier alpha value is -1.49. The molecule has 0 radical (unpaired) electrons. The fourth-order valence-electron chi connectivity index (χ4n) is 0.949. The average molecular weight is 178 g/mol. The second-order valence-corrected chi connectivity index (χ2v) is 2.71. The third-order valence-electron chi connectivity index (χ3n) is 1.65. The standard InChI is InChI=1S/C11H11FO/c1-3-4-7-13-11-8-10(12)6-5-9(11)2/h1,5-6,8H,4,7H2,2H3. The van der Waals surface area contributed by atoms with Crippen molar-refractivity contribution in [3.8, 4) is 18.1 Å². The third-order valence-corrected chi connectivity index (χ3v) is 1.65. The summed E-state index contributed by atoms with van der Waals surface area (Å²) >= 11 is 0. The topological polar surface area (TPSA) is 9.23 Å². The van der Waals surface area contributed by atoms with Crippen molar-refractivity contribution >= 4 is 0 Å². The van der Waals surface area contributed by atoms with Crippen LogP contribution in [0.2, 0.25) is 0 Å². The minimum atomic E-state index is -0.290. The summed E-state index contributed by atoms with van der Waals surface area (Å²) in [5.74, 6) is 2.73. The molecule has 0 heterocycles. The molecule has 1 nitrogen and oxygen atoms in total. The number of aryl methyl sites for hydroxylation is 1. The SMILES string of the molecule is C#CCCOc1cc(F)ccc1C. The van der Waals surface area contributed by atoms with E-state index in [2.05, 4.69) is 5.92 Å². The molecule has 0 aromatic heterocycles. The Kier molecular flexibility index (Phi) is 3.33. The van der Waals surface area contributed by atoms with Gasteiger partial charge in [0.1, 0.15) is 11.6 Å². The predicted octanol–water partition coefficient (Wildman–Crippen LogP) is 2.54. The molecule has 0 aliphatic carbocycles. The largest absolute Gasteiger partial charge is 0.492 e. The van der Waals surface area contributed by atoms with Crippen LogP contribution in [0.3, 0.4) is 0 Å². The predicted molar refractivity (Wildman–Crippen MR) is 50.1 cm³/mol. The second kappa shape index (κ2) is 4.51. The molecule has 1 rings (SSSR count). The molecule has 0 atom stereocenters. The molecule has 1 aromatic rings. The van der Waals surface area contributed by atoms with Gasteiger partial charge in [-0.05, 0) is 18.6 Å². The van der Waals surface area contributed by atoms with Crippen molar-refractivity contribution in [2.75, 3.05) is 6.61 Å². The van der Waals surface area contributed by atoms with E-state index in [1.165, 1.54) is 12.1 Å². The number of rotatable bonds is 3. The van der Waals surface area contributed by atoms with Crippen LogP contribution in [-0.2, 0) is 0 Å². The molecular weight excluding hydrogens is 167 g/mol. The molecule has 0 saturated carbocycles. The van der Waals surface area contributed by atoms with E-state index in [0.717, 1.165) is 5.56 Å². The molecule has 0 aliphatic heterocycles. The molecular formula is C11H11FO. The molecule has 0 aliphatic rings. The minimum Gasteiger partial charge on any atom is -0.492 e. The Balaban J connectivity index is 2.65. The maximum atomic E-state index is 12.7. The maximum absolute atomic E-state index is 12.7. The summed E-state index contributed by atoms with van der Waals surface area (Å²) in [6, 6.07) is 4.45. The van der Waals surface area contributed by atoms with Crippen molar-refractivity contribution in [2.45, 2.75) is 13.3 Å². The van der Waals surface area contributed by atoms with Crippen LogP contribution in [0.15, 0.2) is 18.2 Å². The molecule has 68 valence electrons. The van der Waals surface area contributed by atoms with E-state index < -0.39 is 0 Å². The Morgan fingerprint density at radius 2 is 2.31 bits per heavy atom. The van der Waals surface area contributed by atoms with Gasteiger partial charge in [0.2, 0.25) is 0 Å². The third kappa shape index (κ3) is 2.79. The van der Waals surface area contributed by atoms with E-state index in [0.29, 0.717) is 18.8 Å². The molecule has 2 heteroatoms. The molecule has 0 N–H and O–H groups in total. The monoisotopic (exact) mass is 178 g/mol. The molecule has 0 unspecified atom stereocenters. The Labute approximate surface area is 77.5 Å². The highest BCUT2D eigenvalue weighted by atomic mass is 19.1. The first-order chi connectivity index (χ1) is 6.24. The zero-order valence-corrected chi connectivity index (χ0v) is 7.51. The highest BCUT2D eigenvalue weighted by molar-refractivity contribution is 5.32. The van der Waals surface area contributed by atoms with Crippen LogP contribution in [0.5, 0.6) is 5.75 Å². The van der Waals surface area contributed by atoms with Crippen molar-refractivity contribution in [1.29, 1.82) is 0 Å². The summed E-state index contributed by atoms with van der Waals surface area (Å²) in [6.07, 6.45) is 5.59. The summed E-state index contributed by atoms with van der Waals surface area (Å²) < 4.78 is 18.0. The fourth-order valence-corrected chi connectivity index (χ4v) is 0.949. The highest BCUT2D eigenvalue weighted by Gasteiger charge is 2.00. The van der Waals surface area contributed by atoms with Gasteiger partial charge in [-0.3, -0.25) is 0 Å². The van der Waals surface area contributed by atoms with Crippen molar-refractivity contribution in [3.05, 3.63) is 29.6 Å². The molecule has 0 bridgehead atoms. The van der Waals surface area contributed by atoms with Crippen molar-refractivity contribution in [2.24, 2.45) is 0 Å². The fraction of sp³-hybridized carbons (Fsp3) is 0.273. The van der Waals surface area contributed by atoms with E-state index in [9.17, 15) is 4.39 Å². The van der Waals surface area contributed by atoms with Crippen LogP contribution in [0.4, 0.5) is 4.39 Å². The van der Waals surface area contributed by atoms with Crippen LogP contribution >= 0.6 is 0 Å². The smallest absolute Gasteiger partial charge is 0.126 e. The van der Waals surface area contributed by atoms with Gasteiger partial charge < -0.3 is 4.74 Å². The van der Waals surface area contributed by atoms with Gasteiger partial charge in [-0.1, -0.05) is 6.07 Å². The summed E-state index contributed by atoms with van der Waals surface area (Å²) in [5.41, 5.74) is 0.915. The van der Waals surface area contributed by atoms with Crippen molar-refractivity contribution in [1.82, 2.24) is 0 Å². The highest BCUT2D eigenvalue weighted by Crippen LogP contribution is 2.18. The van der Waals surface area contributed by atoms with Crippen LogP contribution in [0, 0.1) is 25.1 Å². The number of benzene rings is 1. The van der Waals surface area contributed by atoms with Crippen molar-refractivity contribution in [3.63, 3.8) is 0 Å². The molecule has 0 fully saturated rings. The lowest BCUT2D eigenvalue weighted by atomic mass is 10.2. The molecule has 0 saturated heterocycles. The van der Waals surface area contributed by atoms with E-state index in [4.69, 9.17) is 11.2 Å². The van der Waals surface area contributed by atoms with E-state index >= 15 is 0 Å². The summed E-state index contributed by atoms with van der Waals surface area (Å²) in [4.78, 5) is 0. The van der Waals surface area contributed by atoms with Gasteiger partial charge in [-0.25, -0.2) is 4.39 Å². The number of hydrogen-bond acceptors (Lipinski definition) is 1. The van der Waals surface area contributed by atoms with Gasteiger partial charge >= 0.3 is 0 Å². The number of ether oxygens (including phenoxy) is 1. The van der Waals surface area contributed by atoms with E-state index in [-0.39, 0.29) is 5.82 Å². The van der Waals surface area contributed by atoms with Gasteiger partial charge in [0.05, 0.1) is 6.61 Å². The first-order valence-electron chi connectivity index (χ1n) is 4.06. The zero-order valence-electron chi connectivity index (χ0n) is 7.51. The molecule has 0 spiro atoms. The van der Waals surface area contributed by atoms with Crippen LogP contribution < -0.4 is 4.74 Å². The van der Waals surface area contributed by atoms with Gasteiger partial charge in [-0.15, -0.1) is 12.3 Å². The lowest BCUT2D eigenvalue weighted by molar-refractivity contribution is 0.323. The van der Waals surface area contributed by atoms with Gasteiger partial charge in [0, 0.05) is 12.5 Å². The first kappa shape index (κ1) is 9.60. The van der Waals surface area contributed by atoms with E-state index in [1.807, 2.05) is 6.92 Å². The summed E-state index contributed by atoms with van der Waals surface area (Å²) in [6.45, 7) is 2.30. The lowest BCUT2D eigenvalue weighted by Gasteiger charge is -2.06. The van der Waals surface area contributed by atoms with Crippen LogP contribution in [0.1, 0.15) is 12.0 Å². The number of hydrogen-bond donors (Lipinski definition) is 0. The number of halogens is 1. The van der Waals surface area contributed by atoms with Crippen molar-refractivity contribution < 1.29 is 9.13 Å². The zero-order chi connectivity index (χ0) is 9.68. The maximum Gasteiger partial charge on any atom is 0.126 e. The number of terminal acetylenes is 1. The first-order valence-corrected chi connectivity index (χ1v) is 4.06. The van der Waals surface area contributed by atoms with Crippen LogP contribution in [-0.4, -0.2) is 6.61 Å². The Morgan fingerprint density at radius 3 is 3.00 bits per heavy atom. The van der Waals surface area contributed by atoms with Gasteiger partial charge in [0.15, 0.2) is 0 Å². The summed E-state index contributed by atoms with van der Waals surface area (Å²) in [5, 5.41) is 0. The lowest BCUT2D eigenvalue weighted by Crippen LogP contribution is -1.97. The van der Waals surface area contributed by atoms with Crippen LogP contribution in [0.25, 0.3) is 0 Å². The quantitative estimate of drug-likeness (QED) is 0.510. The molecule has 13 heavy (non-hydrogen) atoms. The minimum absolute atomic E-state index is 0.290. The second-order valence-electron chi connectivity index (χ2n) is 2.71. The molecule has 1 aromatic carbocycles. The van der Waals surface area contributed by atoms with Gasteiger partial charge in [-0.2, -0.15) is 0 Å².